The number of carbonyl (C=O) groups is 1. The molecule has 28 heavy (non-hydrogen) atoms. The molecular formula is C25H40O3. The second kappa shape index (κ2) is 14.6. The molecule has 1 aliphatic heterocycles. The summed E-state index contributed by atoms with van der Waals surface area (Å²) in [4.78, 5) is 12.0. The zero-order valence-electron chi connectivity index (χ0n) is 17.9. The Bertz CT molecular complexity index is 514. The van der Waals surface area contributed by atoms with E-state index in [-0.39, 0.29) is 18.2 Å². The van der Waals surface area contributed by atoms with Crippen LogP contribution >= 0.6 is 0 Å². The first-order valence-corrected chi connectivity index (χ1v) is 11.7. The SMILES string of the molecule is CCCCCCCCCCCCCCCC1OC1C(=O)OCc1ccccc1. The van der Waals surface area contributed by atoms with Crippen LogP contribution < -0.4 is 0 Å². The topological polar surface area (TPSA) is 38.8 Å². The van der Waals surface area contributed by atoms with Crippen molar-refractivity contribution < 1.29 is 14.3 Å². The molecular weight excluding hydrogens is 348 g/mol. The predicted molar refractivity (Wildman–Crippen MR) is 115 cm³/mol. The monoisotopic (exact) mass is 388 g/mol. The molecule has 1 aromatic rings. The van der Waals surface area contributed by atoms with Crippen LogP contribution in [0.2, 0.25) is 0 Å². The molecule has 2 atom stereocenters. The molecule has 3 heteroatoms. The van der Waals surface area contributed by atoms with Gasteiger partial charge in [0.15, 0.2) is 6.10 Å². The van der Waals surface area contributed by atoms with E-state index in [1.807, 2.05) is 30.3 Å². The van der Waals surface area contributed by atoms with Crippen molar-refractivity contribution in [3.63, 3.8) is 0 Å². The van der Waals surface area contributed by atoms with Crippen LogP contribution in [-0.4, -0.2) is 18.2 Å². The number of hydrogen-bond donors (Lipinski definition) is 0. The molecule has 1 heterocycles. The summed E-state index contributed by atoms with van der Waals surface area (Å²) in [5, 5.41) is 0. The first-order chi connectivity index (χ1) is 13.8. The Balaban J connectivity index is 1.34. The van der Waals surface area contributed by atoms with E-state index in [4.69, 9.17) is 9.47 Å². The lowest BCUT2D eigenvalue weighted by Crippen LogP contribution is -2.14. The van der Waals surface area contributed by atoms with E-state index < -0.39 is 0 Å². The second-order valence-corrected chi connectivity index (χ2v) is 8.22. The first-order valence-electron chi connectivity index (χ1n) is 11.7. The van der Waals surface area contributed by atoms with Gasteiger partial charge >= 0.3 is 5.97 Å². The maximum Gasteiger partial charge on any atom is 0.338 e. The number of carbonyl (C=O) groups excluding carboxylic acids is 1. The van der Waals surface area contributed by atoms with Crippen LogP contribution in [0, 0.1) is 0 Å². The zero-order valence-corrected chi connectivity index (χ0v) is 17.9. The van der Waals surface area contributed by atoms with Gasteiger partial charge in [-0.05, 0) is 12.0 Å². The minimum absolute atomic E-state index is 0.0935. The maximum atomic E-state index is 12.0. The highest BCUT2D eigenvalue weighted by Gasteiger charge is 2.45. The summed E-state index contributed by atoms with van der Waals surface area (Å²) < 4.78 is 10.8. The molecule has 2 rings (SSSR count). The van der Waals surface area contributed by atoms with E-state index in [0.29, 0.717) is 6.61 Å². The van der Waals surface area contributed by atoms with Gasteiger partial charge in [-0.15, -0.1) is 0 Å². The number of epoxide rings is 1. The molecule has 3 nitrogen and oxygen atoms in total. The number of hydrogen-bond acceptors (Lipinski definition) is 3. The van der Waals surface area contributed by atoms with Crippen molar-refractivity contribution in [1.82, 2.24) is 0 Å². The van der Waals surface area contributed by atoms with Gasteiger partial charge in [-0.1, -0.05) is 121 Å². The minimum Gasteiger partial charge on any atom is -0.459 e. The molecule has 158 valence electrons. The summed E-state index contributed by atoms with van der Waals surface area (Å²) >= 11 is 0. The van der Waals surface area contributed by atoms with Crippen molar-refractivity contribution in [2.24, 2.45) is 0 Å². The molecule has 0 amide bonds. The van der Waals surface area contributed by atoms with Gasteiger partial charge in [-0.25, -0.2) is 4.79 Å². The van der Waals surface area contributed by atoms with Crippen LogP contribution in [0.5, 0.6) is 0 Å². The van der Waals surface area contributed by atoms with Gasteiger partial charge in [0.25, 0.3) is 0 Å². The minimum atomic E-state index is -0.318. The van der Waals surface area contributed by atoms with Crippen LogP contribution in [0.25, 0.3) is 0 Å². The standard InChI is InChI=1S/C25H40O3/c1-2-3-4-5-6-7-8-9-10-11-12-13-17-20-23-24(28-23)25(26)27-21-22-18-15-14-16-19-22/h14-16,18-19,23-24H,2-13,17,20-21H2,1H3. The molecule has 0 bridgehead atoms. The highest BCUT2D eigenvalue weighted by Crippen LogP contribution is 2.29. The predicted octanol–water partition coefficient (Wildman–Crippen LogP) is 6.98. The summed E-state index contributed by atoms with van der Waals surface area (Å²) in [6.45, 7) is 2.61. The molecule has 1 fully saturated rings. The molecule has 0 aromatic heterocycles. The van der Waals surface area contributed by atoms with Gasteiger partial charge < -0.3 is 9.47 Å². The Morgan fingerprint density at radius 3 is 1.93 bits per heavy atom. The Hall–Kier alpha value is -1.35. The summed E-state index contributed by atoms with van der Waals surface area (Å²) in [5.41, 5.74) is 1.02. The Kier molecular flexibility index (Phi) is 12.0. The third-order valence-electron chi connectivity index (χ3n) is 5.63. The third-order valence-corrected chi connectivity index (χ3v) is 5.63. The number of unbranched alkanes of at least 4 members (excludes halogenated alkanes) is 12. The average molecular weight is 389 g/mol. The molecule has 2 unspecified atom stereocenters. The van der Waals surface area contributed by atoms with Gasteiger partial charge in [0.2, 0.25) is 0 Å². The Morgan fingerprint density at radius 2 is 1.36 bits per heavy atom. The van der Waals surface area contributed by atoms with E-state index in [0.717, 1.165) is 18.4 Å². The van der Waals surface area contributed by atoms with Crippen LogP contribution in [0.4, 0.5) is 0 Å². The maximum absolute atomic E-state index is 12.0. The summed E-state index contributed by atoms with van der Waals surface area (Å²) in [6, 6.07) is 9.79. The van der Waals surface area contributed by atoms with Crippen molar-refractivity contribution in [3.8, 4) is 0 Å². The van der Waals surface area contributed by atoms with Gasteiger partial charge in [-0.2, -0.15) is 0 Å². The largest absolute Gasteiger partial charge is 0.459 e. The number of ether oxygens (including phenoxy) is 2. The Morgan fingerprint density at radius 1 is 0.821 bits per heavy atom. The average Bonchev–Trinajstić information content (AvgIpc) is 3.50. The molecule has 0 radical (unpaired) electrons. The van der Waals surface area contributed by atoms with E-state index in [1.54, 1.807) is 0 Å². The summed E-state index contributed by atoms with van der Waals surface area (Å²) in [6.07, 6.45) is 18.5. The quantitative estimate of drug-likeness (QED) is 0.164. The second-order valence-electron chi connectivity index (χ2n) is 8.22. The smallest absolute Gasteiger partial charge is 0.338 e. The van der Waals surface area contributed by atoms with Gasteiger partial charge in [0.1, 0.15) is 6.61 Å². The van der Waals surface area contributed by atoms with E-state index in [9.17, 15) is 4.79 Å². The fourth-order valence-electron chi connectivity index (χ4n) is 3.74. The molecule has 0 N–H and O–H groups in total. The van der Waals surface area contributed by atoms with E-state index in [1.165, 1.54) is 77.0 Å². The lowest BCUT2D eigenvalue weighted by Gasteiger charge is -2.03. The van der Waals surface area contributed by atoms with E-state index >= 15 is 0 Å². The van der Waals surface area contributed by atoms with Crippen molar-refractivity contribution in [3.05, 3.63) is 35.9 Å². The lowest BCUT2D eigenvalue weighted by molar-refractivity contribution is -0.146. The molecule has 1 saturated heterocycles. The highest BCUT2D eigenvalue weighted by molar-refractivity contribution is 5.77. The molecule has 0 saturated carbocycles. The lowest BCUT2D eigenvalue weighted by atomic mass is 10.0. The van der Waals surface area contributed by atoms with Crippen LogP contribution in [0.1, 0.15) is 102 Å². The summed E-state index contributed by atoms with van der Waals surface area (Å²) in [5.74, 6) is -0.205. The Labute approximate surface area is 172 Å². The van der Waals surface area contributed by atoms with Crippen molar-refractivity contribution in [2.75, 3.05) is 0 Å². The van der Waals surface area contributed by atoms with Crippen LogP contribution in [0.3, 0.4) is 0 Å². The molecule has 0 aliphatic carbocycles. The highest BCUT2D eigenvalue weighted by atomic mass is 16.6. The van der Waals surface area contributed by atoms with E-state index in [2.05, 4.69) is 6.92 Å². The molecule has 0 spiro atoms. The van der Waals surface area contributed by atoms with Crippen molar-refractivity contribution >= 4 is 5.97 Å². The summed E-state index contributed by atoms with van der Waals surface area (Å²) in [7, 11) is 0. The molecule has 1 aliphatic rings. The zero-order chi connectivity index (χ0) is 19.9. The van der Waals surface area contributed by atoms with Crippen molar-refractivity contribution in [1.29, 1.82) is 0 Å². The normalized spacial score (nSPS) is 18.2. The number of benzene rings is 1. The van der Waals surface area contributed by atoms with Gasteiger partial charge in [0.05, 0.1) is 6.10 Å². The molecule has 1 aromatic carbocycles. The van der Waals surface area contributed by atoms with Gasteiger partial charge in [0, 0.05) is 0 Å². The van der Waals surface area contributed by atoms with Crippen LogP contribution in [-0.2, 0) is 20.9 Å². The fraction of sp³-hybridized carbons (Fsp3) is 0.720. The van der Waals surface area contributed by atoms with Crippen molar-refractivity contribution in [2.45, 2.75) is 116 Å². The van der Waals surface area contributed by atoms with Gasteiger partial charge in [-0.3, -0.25) is 0 Å². The third kappa shape index (κ3) is 10.3. The first kappa shape index (κ1) is 22.9. The van der Waals surface area contributed by atoms with Crippen LogP contribution in [0.15, 0.2) is 30.3 Å². The number of rotatable bonds is 17. The fourth-order valence-corrected chi connectivity index (χ4v) is 3.74. The number of esters is 1.